The van der Waals surface area contributed by atoms with Crippen LogP contribution in [0.4, 0.5) is 0 Å². The van der Waals surface area contributed by atoms with E-state index in [-0.39, 0.29) is 24.1 Å². The molecule has 6 nitrogen and oxygen atoms in total. The van der Waals surface area contributed by atoms with Crippen LogP contribution in [0.3, 0.4) is 0 Å². The second kappa shape index (κ2) is 4.82. The summed E-state index contributed by atoms with van der Waals surface area (Å²) in [5.74, 6) is -1.22. The molecule has 2 aliphatic rings. The van der Waals surface area contributed by atoms with Crippen molar-refractivity contribution in [3.63, 3.8) is 0 Å². The second-order valence-corrected chi connectivity index (χ2v) is 5.07. The van der Waals surface area contributed by atoms with E-state index in [9.17, 15) is 14.4 Å². The highest BCUT2D eigenvalue weighted by molar-refractivity contribution is 6.30. The summed E-state index contributed by atoms with van der Waals surface area (Å²) in [5, 5.41) is 0.583. The molecule has 2 aliphatic heterocycles. The van der Waals surface area contributed by atoms with Crippen LogP contribution in [0.25, 0.3) is 6.08 Å². The van der Waals surface area contributed by atoms with Crippen molar-refractivity contribution in [3.05, 3.63) is 40.5 Å². The predicted molar refractivity (Wildman–Crippen MR) is 76.1 cm³/mol. The number of carbonyl (C=O) groups is 3. The van der Waals surface area contributed by atoms with Crippen LogP contribution in [0, 0.1) is 0 Å². The molecule has 0 aliphatic carbocycles. The molecule has 0 unspecified atom stereocenters. The van der Waals surface area contributed by atoms with E-state index in [1.54, 1.807) is 30.3 Å². The number of halogens is 1. The fourth-order valence-electron chi connectivity index (χ4n) is 2.16. The minimum atomic E-state index is -0.520. The molecular formula is C14H10ClN3O3. The second-order valence-electron chi connectivity index (χ2n) is 4.63. The SMILES string of the molecule is CC(=O)N1CC(=O)N2C(=O)/C(=C\c3ccc(Cl)cc3)N=C12. The fourth-order valence-corrected chi connectivity index (χ4v) is 2.28. The zero-order valence-electron chi connectivity index (χ0n) is 11.0. The Bertz CT molecular complexity index is 721. The molecular weight excluding hydrogens is 294 g/mol. The van der Waals surface area contributed by atoms with Crippen LogP contribution in [0.5, 0.6) is 0 Å². The average Bonchev–Trinajstić information content (AvgIpc) is 2.92. The highest BCUT2D eigenvalue weighted by Crippen LogP contribution is 2.24. The van der Waals surface area contributed by atoms with Crippen LogP contribution in [0.2, 0.25) is 5.02 Å². The number of guanidine groups is 1. The number of nitrogens with zero attached hydrogens (tertiary/aromatic N) is 3. The third-order valence-electron chi connectivity index (χ3n) is 3.18. The number of carbonyl (C=O) groups excluding carboxylic acids is 3. The molecule has 7 heteroatoms. The van der Waals surface area contributed by atoms with Crippen LogP contribution in [0.1, 0.15) is 12.5 Å². The standard InChI is InChI=1S/C14H10ClN3O3/c1-8(19)17-7-12(20)18-13(21)11(16-14(17)18)6-9-2-4-10(15)5-3-9/h2-6H,7H2,1H3/b11-6+. The fraction of sp³-hybridized carbons (Fsp3) is 0.143. The van der Waals surface area contributed by atoms with Crippen molar-refractivity contribution in [3.8, 4) is 0 Å². The summed E-state index contributed by atoms with van der Waals surface area (Å²) in [6, 6.07) is 6.84. The predicted octanol–water partition coefficient (Wildman–Crippen LogP) is 1.27. The number of hydrogen-bond acceptors (Lipinski definition) is 4. The van der Waals surface area contributed by atoms with Gasteiger partial charge in [0.15, 0.2) is 0 Å². The number of rotatable bonds is 1. The van der Waals surface area contributed by atoms with Crippen molar-refractivity contribution in [2.75, 3.05) is 6.54 Å². The number of fused-ring (bicyclic) bond motifs is 1. The van der Waals surface area contributed by atoms with Gasteiger partial charge in [-0.2, -0.15) is 0 Å². The van der Waals surface area contributed by atoms with Crippen molar-refractivity contribution in [1.29, 1.82) is 0 Å². The Morgan fingerprint density at radius 3 is 2.57 bits per heavy atom. The summed E-state index contributed by atoms with van der Waals surface area (Å²) in [6.45, 7) is 1.18. The first-order valence-corrected chi connectivity index (χ1v) is 6.56. The van der Waals surface area contributed by atoms with Gasteiger partial charge in [-0.15, -0.1) is 0 Å². The first-order chi connectivity index (χ1) is 9.97. The van der Waals surface area contributed by atoms with E-state index in [2.05, 4.69) is 4.99 Å². The maximum Gasteiger partial charge on any atom is 0.286 e. The third kappa shape index (κ3) is 2.23. The Hall–Kier alpha value is -2.47. The highest BCUT2D eigenvalue weighted by atomic mass is 35.5. The Balaban J connectivity index is 1.99. The van der Waals surface area contributed by atoms with Crippen LogP contribution in [-0.2, 0) is 14.4 Å². The van der Waals surface area contributed by atoms with Crippen molar-refractivity contribution in [2.45, 2.75) is 6.92 Å². The van der Waals surface area contributed by atoms with Crippen molar-refractivity contribution in [1.82, 2.24) is 9.80 Å². The minimum Gasteiger partial charge on any atom is -0.275 e. The maximum atomic E-state index is 12.2. The Morgan fingerprint density at radius 1 is 1.29 bits per heavy atom. The summed E-state index contributed by atoms with van der Waals surface area (Å²) in [5.41, 5.74) is 0.849. The van der Waals surface area contributed by atoms with Gasteiger partial charge in [0, 0.05) is 11.9 Å². The molecule has 1 fully saturated rings. The van der Waals surface area contributed by atoms with Crippen LogP contribution in [-0.4, -0.2) is 40.0 Å². The number of imide groups is 1. The first kappa shape index (κ1) is 13.5. The van der Waals surface area contributed by atoms with E-state index in [0.29, 0.717) is 5.02 Å². The summed E-state index contributed by atoms with van der Waals surface area (Å²) < 4.78 is 0. The molecule has 1 saturated heterocycles. The highest BCUT2D eigenvalue weighted by Gasteiger charge is 2.45. The number of hydrogen-bond donors (Lipinski definition) is 0. The monoisotopic (exact) mass is 303 g/mol. The molecule has 3 rings (SSSR count). The van der Waals surface area contributed by atoms with E-state index in [1.165, 1.54) is 11.8 Å². The molecule has 106 valence electrons. The average molecular weight is 304 g/mol. The van der Waals surface area contributed by atoms with E-state index >= 15 is 0 Å². The van der Waals surface area contributed by atoms with Crippen molar-refractivity contribution in [2.24, 2.45) is 4.99 Å². The van der Waals surface area contributed by atoms with Gasteiger partial charge in [-0.25, -0.2) is 9.89 Å². The zero-order chi connectivity index (χ0) is 15.1. The van der Waals surface area contributed by atoms with Crippen LogP contribution >= 0.6 is 11.6 Å². The number of amides is 3. The van der Waals surface area contributed by atoms with Crippen LogP contribution in [0.15, 0.2) is 35.0 Å². The lowest BCUT2D eigenvalue weighted by atomic mass is 10.2. The molecule has 21 heavy (non-hydrogen) atoms. The van der Waals surface area contributed by atoms with Gasteiger partial charge in [-0.05, 0) is 23.8 Å². The van der Waals surface area contributed by atoms with Gasteiger partial charge >= 0.3 is 0 Å². The quantitative estimate of drug-likeness (QED) is 0.579. The van der Waals surface area contributed by atoms with Gasteiger partial charge in [-0.1, -0.05) is 23.7 Å². The lowest BCUT2D eigenvalue weighted by Crippen LogP contribution is -2.36. The topological polar surface area (TPSA) is 70.1 Å². The van der Waals surface area contributed by atoms with E-state index in [4.69, 9.17) is 11.6 Å². The van der Waals surface area contributed by atoms with Gasteiger partial charge in [-0.3, -0.25) is 19.3 Å². The summed E-state index contributed by atoms with van der Waals surface area (Å²) in [7, 11) is 0. The lowest BCUT2D eigenvalue weighted by Gasteiger charge is -2.10. The molecule has 0 spiro atoms. The number of benzene rings is 1. The summed E-state index contributed by atoms with van der Waals surface area (Å²) >= 11 is 5.80. The van der Waals surface area contributed by atoms with Gasteiger partial charge in [0.1, 0.15) is 12.2 Å². The normalized spacial score (nSPS) is 19.3. The Labute approximate surface area is 125 Å². The minimum absolute atomic E-state index is 0.0812. The van der Waals surface area contributed by atoms with Crippen molar-refractivity contribution >= 4 is 41.4 Å². The maximum absolute atomic E-state index is 12.2. The largest absolute Gasteiger partial charge is 0.286 e. The van der Waals surface area contributed by atoms with Crippen LogP contribution < -0.4 is 0 Å². The van der Waals surface area contributed by atoms with E-state index in [1.807, 2.05) is 0 Å². The molecule has 0 radical (unpaired) electrons. The van der Waals surface area contributed by atoms with Gasteiger partial charge < -0.3 is 0 Å². The van der Waals surface area contributed by atoms with Gasteiger partial charge in [0.25, 0.3) is 11.8 Å². The molecule has 0 N–H and O–H groups in total. The molecule has 2 heterocycles. The molecule has 1 aromatic rings. The third-order valence-corrected chi connectivity index (χ3v) is 3.43. The Morgan fingerprint density at radius 2 is 1.95 bits per heavy atom. The molecule has 0 bridgehead atoms. The molecule has 3 amide bonds. The van der Waals surface area contributed by atoms with E-state index < -0.39 is 11.8 Å². The summed E-state index contributed by atoms with van der Waals surface area (Å²) in [6.07, 6.45) is 1.55. The van der Waals surface area contributed by atoms with Gasteiger partial charge in [0.05, 0.1) is 0 Å². The number of aliphatic imine (C=N–C) groups is 1. The smallest absolute Gasteiger partial charge is 0.275 e. The molecule has 1 aromatic carbocycles. The molecule has 0 aromatic heterocycles. The zero-order valence-corrected chi connectivity index (χ0v) is 11.8. The van der Waals surface area contributed by atoms with Crippen molar-refractivity contribution < 1.29 is 14.4 Å². The molecule has 0 atom stereocenters. The molecule has 0 saturated carbocycles. The van der Waals surface area contributed by atoms with Gasteiger partial charge in [0.2, 0.25) is 11.9 Å². The van der Waals surface area contributed by atoms with E-state index in [0.717, 1.165) is 10.5 Å². The lowest BCUT2D eigenvalue weighted by molar-refractivity contribution is -0.136. The summed E-state index contributed by atoms with van der Waals surface area (Å²) in [4.78, 5) is 41.7. The Kier molecular flexibility index (Phi) is 3.10. The first-order valence-electron chi connectivity index (χ1n) is 6.19.